The van der Waals surface area contributed by atoms with Crippen LogP contribution in [0.5, 0.6) is 0 Å². The van der Waals surface area contributed by atoms with Crippen molar-refractivity contribution in [3.05, 3.63) is 29.3 Å². The first-order valence-corrected chi connectivity index (χ1v) is 7.98. The third-order valence-corrected chi connectivity index (χ3v) is 5.40. The van der Waals surface area contributed by atoms with Crippen LogP contribution < -0.4 is 10.5 Å². The molecular weight excluding hydrogens is 322 g/mol. The van der Waals surface area contributed by atoms with Gasteiger partial charge in [0.05, 0.1) is 0 Å². The van der Waals surface area contributed by atoms with Crippen LogP contribution in [0.3, 0.4) is 0 Å². The third-order valence-electron chi connectivity index (χ3n) is 3.80. The van der Waals surface area contributed by atoms with Gasteiger partial charge < -0.3 is 5.73 Å². The average molecular weight is 341 g/mol. The van der Waals surface area contributed by atoms with E-state index < -0.39 is 32.1 Å². The number of nitrogens with one attached hydrogen (secondary N) is 1. The Morgan fingerprint density at radius 2 is 1.81 bits per heavy atom. The van der Waals surface area contributed by atoms with E-state index in [1.165, 1.54) is 6.92 Å². The Morgan fingerprint density at radius 3 is 2.33 bits per heavy atom. The number of sulfonamides is 1. The minimum atomic E-state index is -4.06. The predicted octanol–water partition coefficient (Wildman–Crippen LogP) is 2.24. The Kier molecular flexibility index (Phi) is 5.71. The van der Waals surface area contributed by atoms with Crippen molar-refractivity contribution in [1.29, 1.82) is 0 Å². The molecule has 0 heterocycles. The number of benzene rings is 1. The molecule has 1 fully saturated rings. The van der Waals surface area contributed by atoms with Gasteiger partial charge in [-0.15, -0.1) is 12.4 Å². The zero-order valence-corrected chi connectivity index (χ0v) is 13.3. The summed E-state index contributed by atoms with van der Waals surface area (Å²) in [5, 5.41) is 0. The quantitative estimate of drug-likeness (QED) is 0.883. The van der Waals surface area contributed by atoms with Crippen LogP contribution in [0.4, 0.5) is 8.78 Å². The molecule has 1 saturated carbocycles. The molecule has 0 amide bonds. The lowest BCUT2D eigenvalue weighted by Crippen LogP contribution is -2.51. The van der Waals surface area contributed by atoms with E-state index in [2.05, 4.69) is 4.72 Å². The largest absolute Gasteiger partial charge is 0.329 e. The van der Waals surface area contributed by atoms with Crippen LogP contribution in [0.1, 0.15) is 31.2 Å². The van der Waals surface area contributed by atoms with E-state index in [1.54, 1.807) is 0 Å². The SMILES string of the molecule is Cc1cc(S(=O)(=O)NC2(CN)CCCC2)c(F)cc1F.Cl. The second-order valence-electron chi connectivity index (χ2n) is 5.33. The van der Waals surface area contributed by atoms with Crippen LogP contribution in [0.2, 0.25) is 0 Å². The molecule has 0 saturated heterocycles. The minimum absolute atomic E-state index is 0. The normalized spacial score (nSPS) is 17.5. The molecule has 0 aliphatic heterocycles. The molecule has 2 rings (SSSR count). The van der Waals surface area contributed by atoms with E-state index in [4.69, 9.17) is 5.73 Å². The van der Waals surface area contributed by atoms with E-state index in [0.717, 1.165) is 18.9 Å². The molecule has 21 heavy (non-hydrogen) atoms. The highest BCUT2D eigenvalue weighted by molar-refractivity contribution is 7.89. The van der Waals surface area contributed by atoms with Gasteiger partial charge in [-0.1, -0.05) is 12.8 Å². The molecule has 0 unspecified atom stereocenters. The van der Waals surface area contributed by atoms with Gasteiger partial charge in [0, 0.05) is 18.2 Å². The molecule has 1 aliphatic rings. The Labute approximate surface area is 129 Å². The van der Waals surface area contributed by atoms with E-state index >= 15 is 0 Å². The maximum absolute atomic E-state index is 13.7. The van der Waals surface area contributed by atoms with Crippen molar-refractivity contribution < 1.29 is 17.2 Å². The van der Waals surface area contributed by atoms with Crippen molar-refractivity contribution >= 4 is 22.4 Å². The molecule has 0 aromatic heterocycles. The van der Waals surface area contributed by atoms with Gasteiger partial charge in [-0.2, -0.15) is 0 Å². The van der Waals surface area contributed by atoms with Crippen LogP contribution in [-0.4, -0.2) is 20.5 Å². The van der Waals surface area contributed by atoms with E-state index in [-0.39, 0.29) is 24.5 Å². The highest BCUT2D eigenvalue weighted by Crippen LogP contribution is 2.31. The molecule has 120 valence electrons. The Hall–Kier alpha value is -0.760. The Balaban J connectivity index is 0.00000220. The summed E-state index contributed by atoms with van der Waals surface area (Å²) in [7, 11) is -4.06. The van der Waals surface area contributed by atoms with Crippen molar-refractivity contribution in [2.75, 3.05) is 6.54 Å². The minimum Gasteiger partial charge on any atom is -0.329 e. The van der Waals surface area contributed by atoms with Crippen molar-refractivity contribution in [3.63, 3.8) is 0 Å². The molecule has 0 radical (unpaired) electrons. The van der Waals surface area contributed by atoms with Crippen molar-refractivity contribution in [3.8, 4) is 0 Å². The first-order chi connectivity index (χ1) is 9.30. The lowest BCUT2D eigenvalue weighted by molar-refractivity contribution is 0.398. The fourth-order valence-corrected chi connectivity index (χ4v) is 4.19. The molecule has 0 atom stereocenters. The smallest absolute Gasteiger partial charge is 0.244 e. The van der Waals surface area contributed by atoms with Gasteiger partial charge in [0.2, 0.25) is 10.0 Å². The van der Waals surface area contributed by atoms with Gasteiger partial charge in [-0.3, -0.25) is 0 Å². The average Bonchev–Trinajstić information content (AvgIpc) is 2.82. The van der Waals surface area contributed by atoms with E-state index in [9.17, 15) is 17.2 Å². The van der Waals surface area contributed by atoms with Crippen LogP contribution >= 0.6 is 12.4 Å². The van der Waals surface area contributed by atoms with E-state index in [0.29, 0.717) is 18.9 Å². The summed E-state index contributed by atoms with van der Waals surface area (Å²) in [6.45, 7) is 1.55. The van der Waals surface area contributed by atoms with Gasteiger partial charge in [0.15, 0.2) is 0 Å². The summed E-state index contributed by atoms with van der Waals surface area (Å²) in [6.07, 6.45) is 3.02. The number of halogens is 3. The summed E-state index contributed by atoms with van der Waals surface area (Å²) in [6, 6.07) is 1.60. The Bertz CT molecular complexity index is 617. The highest BCUT2D eigenvalue weighted by Gasteiger charge is 2.37. The van der Waals surface area contributed by atoms with Crippen LogP contribution in [-0.2, 0) is 10.0 Å². The lowest BCUT2D eigenvalue weighted by atomic mass is 10.0. The lowest BCUT2D eigenvalue weighted by Gasteiger charge is -2.28. The number of hydrogen-bond acceptors (Lipinski definition) is 3. The van der Waals surface area contributed by atoms with Crippen LogP contribution in [0, 0.1) is 18.6 Å². The van der Waals surface area contributed by atoms with Crippen LogP contribution in [0.25, 0.3) is 0 Å². The Morgan fingerprint density at radius 1 is 1.24 bits per heavy atom. The molecule has 1 aromatic carbocycles. The van der Waals surface area contributed by atoms with Gasteiger partial charge >= 0.3 is 0 Å². The van der Waals surface area contributed by atoms with Gasteiger partial charge in [0.25, 0.3) is 0 Å². The van der Waals surface area contributed by atoms with Crippen molar-refractivity contribution in [2.24, 2.45) is 5.73 Å². The van der Waals surface area contributed by atoms with Gasteiger partial charge in [-0.25, -0.2) is 21.9 Å². The molecule has 1 aliphatic carbocycles. The summed E-state index contributed by atoms with van der Waals surface area (Å²) in [4.78, 5) is -0.531. The number of aryl methyl sites for hydroxylation is 1. The summed E-state index contributed by atoms with van der Waals surface area (Å²) >= 11 is 0. The fraction of sp³-hybridized carbons (Fsp3) is 0.538. The summed E-state index contributed by atoms with van der Waals surface area (Å²) in [5.41, 5.74) is 5.03. The molecule has 0 spiro atoms. The predicted molar refractivity (Wildman–Crippen MR) is 78.9 cm³/mol. The van der Waals surface area contributed by atoms with Crippen molar-refractivity contribution in [2.45, 2.75) is 43.0 Å². The van der Waals surface area contributed by atoms with Crippen LogP contribution in [0.15, 0.2) is 17.0 Å². The maximum atomic E-state index is 13.7. The van der Waals surface area contributed by atoms with E-state index in [1.807, 2.05) is 0 Å². The fourth-order valence-electron chi connectivity index (χ4n) is 2.58. The maximum Gasteiger partial charge on any atom is 0.244 e. The number of nitrogens with two attached hydrogens (primary N) is 1. The first-order valence-electron chi connectivity index (χ1n) is 6.49. The summed E-state index contributed by atoms with van der Waals surface area (Å²) in [5.74, 6) is -1.86. The summed E-state index contributed by atoms with van der Waals surface area (Å²) < 4.78 is 54.1. The number of rotatable bonds is 4. The molecule has 0 bridgehead atoms. The standard InChI is InChI=1S/C13H18F2N2O2S.ClH/c1-9-6-12(11(15)7-10(9)14)20(18,19)17-13(8-16)4-2-3-5-13;/h6-7,17H,2-5,8,16H2,1H3;1H. The molecule has 1 aromatic rings. The van der Waals surface area contributed by atoms with Gasteiger partial charge in [-0.05, 0) is 31.4 Å². The zero-order chi connectivity index (χ0) is 15.0. The first kappa shape index (κ1) is 18.3. The zero-order valence-electron chi connectivity index (χ0n) is 11.7. The molecule has 3 N–H and O–H groups in total. The highest BCUT2D eigenvalue weighted by atomic mass is 35.5. The molecule has 8 heteroatoms. The number of hydrogen-bond donors (Lipinski definition) is 2. The topological polar surface area (TPSA) is 72.2 Å². The molecular formula is C13H19ClF2N2O2S. The molecule has 4 nitrogen and oxygen atoms in total. The second-order valence-corrected chi connectivity index (χ2v) is 6.98. The monoisotopic (exact) mass is 340 g/mol. The van der Waals surface area contributed by atoms with Crippen molar-refractivity contribution in [1.82, 2.24) is 4.72 Å². The van der Waals surface area contributed by atoms with Gasteiger partial charge in [0.1, 0.15) is 16.5 Å². The third kappa shape index (κ3) is 3.71. The second kappa shape index (κ2) is 6.56.